The van der Waals surface area contributed by atoms with E-state index in [1.54, 1.807) is 0 Å². The lowest BCUT2D eigenvalue weighted by Crippen LogP contribution is -2.44. The van der Waals surface area contributed by atoms with E-state index in [9.17, 15) is 19.2 Å². The van der Waals surface area contributed by atoms with Crippen molar-refractivity contribution in [1.29, 1.82) is 0 Å². The van der Waals surface area contributed by atoms with Gasteiger partial charge in [-0.1, -0.05) is 156 Å². The van der Waals surface area contributed by atoms with Crippen LogP contribution in [0.2, 0.25) is 0 Å². The Morgan fingerprint density at radius 3 is 0.694 bits per heavy atom. The molecule has 0 spiro atoms. The molecule has 0 atom stereocenters. The van der Waals surface area contributed by atoms with Crippen LogP contribution in [0, 0.1) is 5.41 Å². The molecule has 0 heterocycles. The number of hydrogen-bond acceptors (Lipinski definition) is 8. The van der Waals surface area contributed by atoms with Crippen molar-refractivity contribution < 1.29 is 38.1 Å². The summed E-state index contributed by atoms with van der Waals surface area (Å²) in [6.45, 7) is 8.03. The van der Waals surface area contributed by atoms with E-state index in [0.29, 0.717) is 0 Å². The highest BCUT2D eigenvalue weighted by Gasteiger charge is 2.38. The molecule has 0 radical (unpaired) electrons. The molecule has 288 valence electrons. The molecule has 0 amide bonds. The van der Waals surface area contributed by atoms with Gasteiger partial charge in [-0.05, 0) is 25.7 Å². The van der Waals surface area contributed by atoms with Gasteiger partial charge in [0.1, 0.15) is 31.8 Å². The van der Waals surface area contributed by atoms with E-state index in [-0.39, 0.29) is 76.0 Å². The SMILES string of the molecule is CCCCCCCCC(=O)OCC(COC(=O)CCCCCCCC)(COC(=O)CCCCCCCC)COC(=O)CCCCCCCC. The lowest BCUT2D eigenvalue weighted by atomic mass is 9.92. The van der Waals surface area contributed by atoms with Gasteiger partial charge in [0.2, 0.25) is 0 Å². The zero-order valence-electron chi connectivity index (χ0n) is 32.4. The van der Waals surface area contributed by atoms with Crippen LogP contribution in [-0.2, 0) is 38.1 Å². The van der Waals surface area contributed by atoms with Crippen molar-refractivity contribution >= 4 is 23.9 Å². The van der Waals surface area contributed by atoms with Crippen LogP contribution in [0.3, 0.4) is 0 Å². The minimum absolute atomic E-state index is 0.166. The largest absolute Gasteiger partial charge is 0.465 e. The summed E-state index contributed by atoms with van der Waals surface area (Å²) < 4.78 is 22.9. The average molecular weight is 697 g/mol. The van der Waals surface area contributed by atoms with E-state index in [1.165, 1.54) is 51.4 Å². The minimum atomic E-state index is -1.18. The highest BCUT2D eigenvalue weighted by molar-refractivity contribution is 5.71. The second-order valence-corrected chi connectivity index (χ2v) is 14.2. The standard InChI is InChI=1S/C41H76O8/c1-5-9-13-17-21-25-29-37(42)46-33-41(34-47-38(43)30-26-22-18-14-10-6-2,35-48-39(44)31-27-23-19-15-11-7-3)36-49-40(45)32-28-24-20-16-12-8-4/h5-36H2,1-4H3. The number of ether oxygens (including phenoxy) is 4. The second-order valence-electron chi connectivity index (χ2n) is 14.2. The fourth-order valence-corrected chi connectivity index (χ4v) is 5.67. The molecule has 0 fully saturated rings. The van der Waals surface area contributed by atoms with Gasteiger partial charge < -0.3 is 18.9 Å². The number of unbranched alkanes of at least 4 members (excludes halogenated alkanes) is 20. The monoisotopic (exact) mass is 697 g/mol. The lowest BCUT2D eigenvalue weighted by Gasteiger charge is -2.31. The highest BCUT2D eigenvalue weighted by Crippen LogP contribution is 2.24. The maximum Gasteiger partial charge on any atom is 0.305 e. The summed E-state index contributed by atoms with van der Waals surface area (Å²) >= 11 is 0. The zero-order chi connectivity index (χ0) is 36.3. The normalized spacial score (nSPS) is 11.3. The van der Waals surface area contributed by atoms with Crippen LogP contribution in [0.25, 0.3) is 0 Å². The van der Waals surface area contributed by atoms with Crippen LogP contribution in [-0.4, -0.2) is 50.3 Å². The van der Waals surface area contributed by atoms with E-state index in [2.05, 4.69) is 27.7 Å². The van der Waals surface area contributed by atoms with Gasteiger partial charge in [-0.2, -0.15) is 0 Å². The van der Waals surface area contributed by atoms with Crippen molar-refractivity contribution in [3.8, 4) is 0 Å². The molecule has 0 bridgehead atoms. The summed E-state index contributed by atoms with van der Waals surface area (Å²) in [6.07, 6.45) is 26.4. The summed E-state index contributed by atoms with van der Waals surface area (Å²) in [5.74, 6) is -1.41. The number of hydrogen-bond donors (Lipinski definition) is 0. The Morgan fingerprint density at radius 1 is 0.306 bits per heavy atom. The van der Waals surface area contributed by atoms with Crippen LogP contribution >= 0.6 is 0 Å². The van der Waals surface area contributed by atoms with Crippen molar-refractivity contribution in [3.63, 3.8) is 0 Å². The molecule has 0 saturated heterocycles. The first-order valence-electron chi connectivity index (χ1n) is 20.4. The molecule has 0 aromatic rings. The maximum atomic E-state index is 12.8. The van der Waals surface area contributed by atoms with E-state index in [1.807, 2.05) is 0 Å². The topological polar surface area (TPSA) is 105 Å². The van der Waals surface area contributed by atoms with Gasteiger partial charge >= 0.3 is 23.9 Å². The minimum Gasteiger partial charge on any atom is -0.465 e. The van der Waals surface area contributed by atoms with Gasteiger partial charge in [-0.15, -0.1) is 0 Å². The Labute approximate surface area is 300 Å². The van der Waals surface area contributed by atoms with Crippen LogP contribution in [0.4, 0.5) is 0 Å². The predicted molar refractivity (Wildman–Crippen MR) is 198 cm³/mol. The lowest BCUT2D eigenvalue weighted by molar-refractivity contribution is -0.170. The number of carbonyl (C=O) groups is 4. The van der Waals surface area contributed by atoms with Gasteiger partial charge in [-0.25, -0.2) is 0 Å². The molecule has 8 heteroatoms. The van der Waals surface area contributed by atoms with Crippen molar-refractivity contribution in [1.82, 2.24) is 0 Å². The molecule has 0 aliphatic heterocycles. The molecule has 0 unspecified atom stereocenters. The quantitative estimate of drug-likeness (QED) is 0.0362. The Balaban J connectivity index is 5.47. The van der Waals surface area contributed by atoms with Gasteiger partial charge in [0.05, 0.1) is 0 Å². The van der Waals surface area contributed by atoms with Crippen molar-refractivity contribution in [3.05, 3.63) is 0 Å². The summed E-state index contributed by atoms with van der Waals surface area (Å²) in [5.41, 5.74) is -1.18. The zero-order valence-corrected chi connectivity index (χ0v) is 32.4. The molecule has 0 aromatic carbocycles. The molecule has 49 heavy (non-hydrogen) atoms. The Hall–Kier alpha value is -2.12. The molecule has 0 rings (SSSR count). The van der Waals surface area contributed by atoms with Gasteiger partial charge in [0, 0.05) is 25.7 Å². The smallest absolute Gasteiger partial charge is 0.305 e. The number of esters is 4. The van der Waals surface area contributed by atoms with Gasteiger partial charge in [0.25, 0.3) is 0 Å². The molecular formula is C41H76O8. The fourth-order valence-electron chi connectivity index (χ4n) is 5.67. The third-order valence-electron chi connectivity index (χ3n) is 9.10. The highest BCUT2D eigenvalue weighted by atomic mass is 16.6. The molecule has 8 nitrogen and oxygen atoms in total. The van der Waals surface area contributed by atoms with E-state index in [0.717, 1.165) is 103 Å². The van der Waals surface area contributed by atoms with Crippen LogP contribution in [0.1, 0.15) is 207 Å². The van der Waals surface area contributed by atoms with Crippen molar-refractivity contribution in [2.45, 2.75) is 207 Å². The first-order chi connectivity index (χ1) is 23.8. The Morgan fingerprint density at radius 2 is 0.490 bits per heavy atom. The summed E-state index contributed by atoms with van der Waals surface area (Å²) in [5, 5.41) is 0. The van der Waals surface area contributed by atoms with Gasteiger partial charge in [-0.3, -0.25) is 19.2 Å². The molecule has 0 aliphatic carbocycles. The first-order valence-corrected chi connectivity index (χ1v) is 20.4. The molecule has 0 N–H and O–H groups in total. The third-order valence-corrected chi connectivity index (χ3v) is 9.10. The first kappa shape index (κ1) is 46.9. The van der Waals surface area contributed by atoms with E-state index in [4.69, 9.17) is 18.9 Å². The van der Waals surface area contributed by atoms with Gasteiger partial charge in [0.15, 0.2) is 0 Å². The van der Waals surface area contributed by atoms with E-state index < -0.39 is 5.41 Å². The summed E-state index contributed by atoms with van der Waals surface area (Å²) in [4.78, 5) is 51.2. The predicted octanol–water partition coefficient (Wildman–Crippen LogP) is 11.1. The number of rotatable bonds is 36. The number of carbonyl (C=O) groups excluding carboxylic acids is 4. The van der Waals surface area contributed by atoms with Crippen molar-refractivity contribution in [2.24, 2.45) is 5.41 Å². The third kappa shape index (κ3) is 30.4. The molecule has 0 aliphatic rings. The summed E-state index contributed by atoms with van der Waals surface area (Å²) in [6, 6.07) is 0. The molecule has 0 aromatic heterocycles. The maximum absolute atomic E-state index is 12.8. The van der Waals surface area contributed by atoms with Crippen LogP contribution in [0.5, 0.6) is 0 Å². The average Bonchev–Trinajstić information content (AvgIpc) is 3.10. The van der Waals surface area contributed by atoms with E-state index >= 15 is 0 Å². The fraction of sp³-hybridized carbons (Fsp3) is 0.902. The molecular weight excluding hydrogens is 620 g/mol. The summed E-state index contributed by atoms with van der Waals surface area (Å²) in [7, 11) is 0. The second kappa shape index (κ2) is 34.3. The van der Waals surface area contributed by atoms with Crippen LogP contribution < -0.4 is 0 Å². The Bertz CT molecular complexity index is 678. The Kier molecular flexibility index (Phi) is 32.8. The molecule has 0 saturated carbocycles. The van der Waals surface area contributed by atoms with Crippen LogP contribution in [0.15, 0.2) is 0 Å². The van der Waals surface area contributed by atoms with Crippen molar-refractivity contribution in [2.75, 3.05) is 26.4 Å².